The number of ether oxygens (including phenoxy) is 2. The Morgan fingerprint density at radius 1 is 1.09 bits per heavy atom. The number of hydrogen-bond donors (Lipinski definition) is 1. The van der Waals surface area contributed by atoms with E-state index in [1.54, 1.807) is 24.5 Å². The fourth-order valence-electron chi connectivity index (χ4n) is 2.37. The molecule has 1 aliphatic rings. The number of rotatable bonds is 6. The molecular weight excluding hydrogens is 299 g/mol. The molecule has 1 saturated heterocycles. The van der Waals surface area contributed by atoms with Gasteiger partial charge in [0, 0.05) is 44.6 Å². The van der Waals surface area contributed by atoms with E-state index < -0.39 is 0 Å². The van der Waals surface area contributed by atoms with Crippen LogP contribution >= 0.6 is 0 Å². The number of aromatic nitrogens is 2. The van der Waals surface area contributed by atoms with E-state index in [0.29, 0.717) is 24.8 Å². The molecule has 1 aliphatic heterocycles. The maximum Gasteiger partial charge on any atom is 0.257 e. The lowest BCUT2D eigenvalue weighted by atomic mass is 10.3. The van der Waals surface area contributed by atoms with Gasteiger partial charge in [0.15, 0.2) is 5.82 Å². The molecule has 1 aromatic carbocycles. The molecule has 0 bridgehead atoms. The third-order valence-corrected chi connectivity index (χ3v) is 3.45. The van der Waals surface area contributed by atoms with Gasteiger partial charge in [0.1, 0.15) is 24.8 Å². The van der Waals surface area contributed by atoms with Gasteiger partial charge in [0.05, 0.1) is 0 Å². The van der Waals surface area contributed by atoms with Gasteiger partial charge in [-0.05, 0) is 12.1 Å². The quantitative estimate of drug-likeness (QED) is 0.814. The van der Waals surface area contributed by atoms with Crippen LogP contribution in [0.1, 0.15) is 0 Å². The van der Waals surface area contributed by atoms with Crippen molar-refractivity contribution in [3.8, 4) is 11.6 Å². The summed E-state index contributed by atoms with van der Waals surface area (Å²) in [7, 11) is 0. The van der Waals surface area contributed by atoms with Crippen molar-refractivity contribution in [1.29, 1.82) is 0 Å². The molecule has 3 rings (SSSR count). The Morgan fingerprint density at radius 2 is 1.87 bits per heavy atom. The molecule has 2 heterocycles. The summed E-state index contributed by atoms with van der Waals surface area (Å²) < 4.78 is 24.2. The Labute approximate surface area is 134 Å². The molecule has 0 aliphatic carbocycles. The number of hydrogen-bond acceptors (Lipinski definition) is 6. The first-order chi connectivity index (χ1) is 11.3. The molecule has 0 amide bonds. The SMILES string of the molecule is Fc1cccc(OCCOc2nccnc2N2CCNCC2)c1. The fourth-order valence-corrected chi connectivity index (χ4v) is 2.37. The highest BCUT2D eigenvalue weighted by atomic mass is 19.1. The van der Waals surface area contributed by atoms with Gasteiger partial charge in [-0.3, -0.25) is 0 Å². The molecule has 6 nitrogen and oxygen atoms in total. The molecule has 23 heavy (non-hydrogen) atoms. The van der Waals surface area contributed by atoms with E-state index in [9.17, 15) is 4.39 Å². The largest absolute Gasteiger partial charge is 0.490 e. The van der Waals surface area contributed by atoms with Gasteiger partial charge in [-0.1, -0.05) is 6.07 Å². The number of halogens is 1. The van der Waals surface area contributed by atoms with Crippen molar-refractivity contribution >= 4 is 5.82 Å². The van der Waals surface area contributed by atoms with E-state index in [1.165, 1.54) is 12.1 Å². The predicted molar refractivity (Wildman–Crippen MR) is 84.5 cm³/mol. The first-order valence-corrected chi connectivity index (χ1v) is 7.61. The molecule has 0 atom stereocenters. The van der Waals surface area contributed by atoms with Crippen LogP contribution in [0, 0.1) is 5.82 Å². The van der Waals surface area contributed by atoms with Crippen molar-refractivity contribution in [2.75, 3.05) is 44.3 Å². The number of anilines is 1. The number of nitrogens with one attached hydrogen (secondary N) is 1. The van der Waals surface area contributed by atoms with Gasteiger partial charge < -0.3 is 19.7 Å². The minimum absolute atomic E-state index is 0.307. The average Bonchev–Trinajstić information content (AvgIpc) is 2.60. The van der Waals surface area contributed by atoms with Gasteiger partial charge >= 0.3 is 0 Å². The monoisotopic (exact) mass is 318 g/mol. The zero-order chi connectivity index (χ0) is 15.9. The summed E-state index contributed by atoms with van der Waals surface area (Å²) in [5.74, 6) is 1.41. The summed E-state index contributed by atoms with van der Waals surface area (Å²) in [5.41, 5.74) is 0. The molecule has 0 radical (unpaired) electrons. The molecule has 1 aromatic heterocycles. The highest BCUT2D eigenvalue weighted by Gasteiger charge is 2.17. The van der Waals surface area contributed by atoms with Crippen molar-refractivity contribution in [2.45, 2.75) is 0 Å². The number of nitrogens with zero attached hydrogens (tertiary/aromatic N) is 3. The fraction of sp³-hybridized carbons (Fsp3) is 0.375. The van der Waals surface area contributed by atoms with Gasteiger partial charge in [-0.15, -0.1) is 0 Å². The Bertz CT molecular complexity index is 635. The van der Waals surface area contributed by atoms with Gasteiger partial charge in [0.2, 0.25) is 0 Å². The Balaban J connectivity index is 1.54. The van der Waals surface area contributed by atoms with E-state index in [1.807, 2.05) is 0 Å². The zero-order valence-corrected chi connectivity index (χ0v) is 12.7. The van der Waals surface area contributed by atoms with Crippen molar-refractivity contribution in [1.82, 2.24) is 15.3 Å². The molecule has 122 valence electrons. The van der Waals surface area contributed by atoms with Crippen molar-refractivity contribution in [3.63, 3.8) is 0 Å². The lowest BCUT2D eigenvalue weighted by Crippen LogP contribution is -2.44. The van der Waals surface area contributed by atoms with E-state index in [2.05, 4.69) is 20.2 Å². The van der Waals surface area contributed by atoms with Crippen molar-refractivity contribution in [3.05, 3.63) is 42.5 Å². The summed E-state index contributed by atoms with van der Waals surface area (Å²) >= 11 is 0. The Hall–Kier alpha value is -2.41. The van der Waals surface area contributed by atoms with E-state index in [0.717, 1.165) is 32.0 Å². The summed E-state index contributed by atoms with van der Waals surface area (Å²) in [4.78, 5) is 10.8. The molecular formula is C16H19FN4O2. The lowest BCUT2D eigenvalue weighted by Gasteiger charge is -2.28. The second-order valence-electron chi connectivity index (χ2n) is 5.08. The summed E-state index contributed by atoms with van der Waals surface area (Å²) in [6.45, 7) is 4.19. The van der Waals surface area contributed by atoms with Crippen LogP contribution in [-0.4, -0.2) is 49.4 Å². The molecule has 1 fully saturated rings. The lowest BCUT2D eigenvalue weighted by molar-refractivity contribution is 0.211. The van der Waals surface area contributed by atoms with Crippen LogP contribution < -0.4 is 19.7 Å². The van der Waals surface area contributed by atoms with E-state index in [-0.39, 0.29) is 5.82 Å². The van der Waals surface area contributed by atoms with Crippen molar-refractivity contribution < 1.29 is 13.9 Å². The summed E-state index contributed by atoms with van der Waals surface area (Å²) in [5, 5.41) is 3.30. The maximum absolute atomic E-state index is 13.1. The van der Waals surface area contributed by atoms with Gasteiger partial charge in [-0.25, -0.2) is 14.4 Å². The standard InChI is InChI=1S/C16H19FN4O2/c17-13-2-1-3-14(12-13)22-10-11-23-16-15(19-4-5-20-16)21-8-6-18-7-9-21/h1-5,12,18H,6-11H2. The third kappa shape index (κ3) is 4.29. The van der Waals surface area contributed by atoms with Crippen LogP contribution in [0.4, 0.5) is 10.2 Å². The first kappa shape index (κ1) is 15.5. The highest BCUT2D eigenvalue weighted by Crippen LogP contribution is 2.22. The smallest absolute Gasteiger partial charge is 0.257 e. The van der Waals surface area contributed by atoms with Crippen LogP contribution in [0.25, 0.3) is 0 Å². The van der Waals surface area contributed by atoms with Crippen LogP contribution in [0.3, 0.4) is 0 Å². The van der Waals surface area contributed by atoms with Gasteiger partial charge in [0.25, 0.3) is 5.88 Å². The highest BCUT2D eigenvalue weighted by molar-refractivity contribution is 5.48. The molecule has 0 saturated carbocycles. The van der Waals surface area contributed by atoms with Crippen molar-refractivity contribution in [2.24, 2.45) is 0 Å². The Kier molecular flexibility index (Phi) is 5.21. The minimum Gasteiger partial charge on any atom is -0.490 e. The second kappa shape index (κ2) is 7.73. The minimum atomic E-state index is -0.321. The van der Waals surface area contributed by atoms with Crippen LogP contribution in [0.2, 0.25) is 0 Å². The normalized spacial score (nSPS) is 14.6. The molecule has 1 N–H and O–H groups in total. The maximum atomic E-state index is 13.1. The summed E-state index contributed by atoms with van der Waals surface area (Å²) in [6.07, 6.45) is 3.27. The van der Waals surface area contributed by atoms with Crippen LogP contribution in [0.15, 0.2) is 36.7 Å². The van der Waals surface area contributed by atoms with E-state index in [4.69, 9.17) is 9.47 Å². The average molecular weight is 318 g/mol. The number of piperazine rings is 1. The molecule has 2 aromatic rings. The third-order valence-electron chi connectivity index (χ3n) is 3.45. The molecule has 0 unspecified atom stereocenters. The molecule has 0 spiro atoms. The Morgan fingerprint density at radius 3 is 2.70 bits per heavy atom. The first-order valence-electron chi connectivity index (χ1n) is 7.61. The predicted octanol–water partition coefficient (Wildman–Crippen LogP) is 1.48. The topological polar surface area (TPSA) is 59.5 Å². The van der Waals surface area contributed by atoms with Gasteiger partial charge in [-0.2, -0.15) is 0 Å². The zero-order valence-electron chi connectivity index (χ0n) is 12.7. The molecule has 7 heteroatoms. The second-order valence-corrected chi connectivity index (χ2v) is 5.08. The van der Waals surface area contributed by atoms with Crippen LogP contribution in [-0.2, 0) is 0 Å². The van der Waals surface area contributed by atoms with Crippen LogP contribution in [0.5, 0.6) is 11.6 Å². The van der Waals surface area contributed by atoms with E-state index >= 15 is 0 Å². The summed E-state index contributed by atoms with van der Waals surface area (Å²) in [6, 6.07) is 6.03. The number of benzene rings is 1.